The van der Waals surface area contributed by atoms with Crippen LogP contribution >= 0.6 is 0 Å². The smallest absolute Gasteiger partial charge is 0.0916 e. The van der Waals surface area contributed by atoms with E-state index >= 15 is 0 Å². The van der Waals surface area contributed by atoms with E-state index in [9.17, 15) is 5.11 Å². The number of benzene rings is 1. The molecule has 0 radical (unpaired) electrons. The van der Waals surface area contributed by atoms with Crippen molar-refractivity contribution in [2.45, 2.75) is 26.0 Å². The van der Waals surface area contributed by atoms with Crippen LogP contribution in [0.1, 0.15) is 29.7 Å². The molecule has 0 aliphatic carbocycles. The fraction of sp³-hybridized carbons (Fsp3) is 0.571. The topological polar surface area (TPSA) is 35.5 Å². The third-order valence-electron chi connectivity index (χ3n) is 3.53. The Morgan fingerprint density at radius 2 is 2.24 bits per heavy atom. The van der Waals surface area contributed by atoms with E-state index in [1.165, 1.54) is 11.1 Å². The lowest BCUT2D eigenvalue weighted by Gasteiger charge is -2.22. The molecule has 0 fully saturated rings. The quantitative estimate of drug-likeness (QED) is 0.824. The number of rotatable bonds is 4. The molecule has 1 aromatic carbocycles. The van der Waals surface area contributed by atoms with Gasteiger partial charge in [0, 0.05) is 13.1 Å². The molecule has 1 atom stereocenters. The minimum Gasteiger partial charge on any atom is -0.387 e. The predicted molar refractivity (Wildman–Crippen MR) is 70.0 cm³/mol. The van der Waals surface area contributed by atoms with E-state index in [0.717, 1.165) is 31.6 Å². The molecule has 1 aliphatic rings. The molecule has 1 aliphatic heterocycles. The zero-order valence-corrected chi connectivity index (χ0v) is 10.7. The molecule has 1 unspecified atom stereocenters. The molecular formula is C14H22N2O. The molecule has 0 saturated carbocycles. The second-order valence-corrected chi connectivity index (χ2v) is 4.83. The third kappa shape index (κ3) is 3.06. The van der Waals surface area contributed by atoms with Crippen LogP contribution in [0.2, 0.25) is 0 Å². The first-order chi connectivity index (χ1) is 8.20. The third-order valence-corrected chi connectivity index (χ3v) is 3.53. The molecule has 1 heterocycles. The predicted octanol–water partition coefficient (Wildman–Crippen LogP) is 1.32. The van der Waals surface area contributed by atoms with E-state index in [1.807, 2.05) is 7.05 Å². The molecular weight excluding hydrogens is 212 g/mol. The van der Waals surface area contributed by atoms with Crippen molar-refractivity contribution < 1.29 is 5.11 Å². The van der Waals surface area contributed by atoms with Gasteiger partial charge in [-0.05, 0) is 43.2 Å². The summed E-state index contributed by atoms with van der Waals surface area (Å²) in [6.07, 6.45) is 0.716. The Hall–Kier alpha value is -0.900. The molecule has 0 saturated heterocycles. The lowest BCUT2D eigenvalue weighted by atomic mass is 9.96. The maximum atomic E-state index is 10.2. The van der Waals surface area contributed by atoms with Crippen LogP contribution in [0.3, 0.4) is 0 Å². The molecule has 0 bridgehead atoms. The van der Waals surface area contributed by atoms with Gasteiger partial charge in [0.25, 0.3) is 0 Å². The van der Waals surface area contributed by atoms with Crippen LogP contribution in [-0.2, 0) is 13.0 Å². The van der Waals surface area contributed by atoms with Crippen molar-refractivity contribution in [3.63, 3.8) is 0 Å². The first-order valence-corrected chi connectivity index (χ1v) is 6.39. The van der Waals surface area contributed by atoms with Crippen LogP contribution in [0.25, 0.3) is 0 Å². The van der Waals surface area contributed by atoms with Crippen LogP contribution in [0.5, 0.6) is 0 Å². The number of aliphatic hydroxyl groups excluding tert-OH is 1. The maximum Gasteiger partial charge on any atom is 0.0916 e. The number of likely N-dealkylation sites (N-methyl/N-ethyl adjacent to an activating group) is 1. The van der Waals surface area contributed by atoms with Gasteiger partial charge in [0.15, 0.2) is 0 Å². The van der Waals surface area contributed by atoms with Crippen LogP contribution in [0, 0.1) is 0 Å². The fourth-order valence-corrected chi connectivity index (χ4v) is 2.24. The summed E-state index contributed by atoms with van der Waals surface area (Å²) in [6, 6.07) is 6.38. The Morgan fingerprint density at radius 1 is 1.41 bits per heavy atom. The van der Waals surface area contributed by atoms with Gasteiger partial charge in [-0.3, -0.25) is 0 Å². The van der Waals surface area contributed by atoms with Crippen LogP contribution in [-0.4, -0.2) is 36.7 Å². The number of hydrogen-bond acceptors (Lipinski definition) is 3. The average molecular weight is 234 g/mol. The normalized spacial score (nSPS) is 16.9. The molecule has 2 rings (SSSR count). The first-order valence-electron chi connectivity index (χ1n) is 6.39. The number of nitrogens with zero attached hydrogens (tertiary/aromatic N) is 1. The van der Waals surface area contributed by atoms with Crippen molar-refractivity contribution in [1.29, 1.82) is 0 Å². The Kier molecular flexibility index (Phi) is 4.15. The van der Waals surface area contributed by atoms with E-state index in [0.29, 0.717) is 6.54 Å². The fourth-order valence-electron chi connectivity index (χ4n) is 2.24. The largest absolute Gasteiger partial charge is 0.387 e. The van der Waals surface area contributed by atoms with Gasteiger partial charge in [0.1, 0.15) is 0 Å². The molecule has 1 aromatic rings. The average Bonchev–Trinajstić information content (AvgIpc) is 2.38. The number of aliphatic hydroxyl groups is 1. The summed E-state index contributed by atoms with van der Waals surface area (Å²) in [6.45, 7) is 5.75. The van der Waals surface area contributed by atoms with Crippen LogP contribution in [0.15, 0.2) is 18.2 Å². The van der Waals surface area contributed by atoms with Gasteiger partial charge in [0.05, 0.1) is 6.10 Å². The zero-order chi connectivity index (χ0) is 12.3. The zero-order valence-electron chi connectivity index (χ0n) is 10.7. The summed E-state index contributed by atoms with van der Waals surface area (Å²) in [4.78, 5) is 2.13. The Morgan fingerprint density at radius 3 is 3.00 bits per heavy atom. The Balaban J connectivity index is 2.10. The van der Waals surface area contributed by atoms with Gasteiger partial charge in [-0.25, -0.2) is 0 Å². The molecule has 0 amide bonds. The lowest BCUT2D eigenvalue weighted by Crippen LogP contribution is -2.26. The van der Waals surface area contributed by atoms with Crippen molar-refractivity contribution >= 4 is 0 Å². The minimum atomic E-state index is -0.382. The first kappa shape index (κ1) is 12.6. The van der Waals surface area contributed by atoms with Crippen molar-refractivity contribution in [2.75, 3.05) is 26.7 Å². The highest BCUT2D eigenvalue weighted by atomic mass is 16.3. The molecule has 3 nitrogen and oxygen atoms in total. The van der Waals surface area contributed by atoms with Gasteiger partial charge >= 0.3 is 0 Å². The highest BCUT2D eigenvalue weighted by Crippen LogP contribution is 2.20. The van der Waals surface area contributed by atoms with Crippen LogP contribution < -0.4 is 5.32 Å². The van der Waals surface area contributed by atoms with E-state index < -0.39 is 0 Å². The van der Waals surface area contributed by atoms with Gasteiger partial charge in [0.2, 0.25) is 0 Å². The standard InChI is InChI=1S/C14H22N2O/c1-3-16(2)10-14(17)12-5-4-11-6-7-15-9-13(11)8-12/h4-5,8,14-15,17H,3,6-7,9-10H2,1-2H3. The van der Waals surface area contributed by atoms with Crippen molar-refractivity contribution in [3.05, 3.63) is 34.9 Å². The molecule has 0 aromatic heterocycles. The van der Waals surface area contributed by atoms with E-state index in [4.69, 9.17) is 0 Å². The highest BCUT2D eigenvalue weighted by Gasteiger charge is 2.14. The maximum absolute atomic E-state index is 10.2. The second kappa shape index (κ2) is 5.63. The molecule has 17 heavy (non-hydrogen) atoms. The molecule has 3 heteroatoms. The summed E-state index contributed by atoms with van der Waals surface area (Å²) in [5.74, 6) is 0. The Labute approximate surface area is 103 Å². The van der Waals surface area contributed by atoms with Crippen molar-refractivity contribution in [2.24, 2.45) is 0 Å². The summed E-state index contributed by atoms with van der Waals surface area (Å²) < 4.78 is 0. The van der Waals surface area contributed by atoms with Crippen molar-refractivity contribution in [1.82, 2.24) is 10.2 Å². The van der Waals surface area contributed by atoms with E-state index in [1.54, 1.807) is 0 Å². The lowest BCUT2D eigenvalue weighted by molar-refractivity contribution is 0.129. The summed E-state index contributed by atoms with van der Waals surface area (Å²) in [7, 11) is 2.03. The second-order valence-electron chi connectivity index (χ2n) is 4.83. The van der Waals surface area contributed by atoms with Gasteiger partial charge in [-0.1, -0.05) is 25.1 Å². The van der Waals surface area contributed by atoms with E-state index in [2.05, 4.69) is 35.3 Å². The molecule has 94 valence electrons. The van der Waals surface area contributed by atoms with Gasteiger partial charge < -0.3 is 15.3 Å². The Bertz CT molecular complexity index is 378. The number of hydrogen-bond donors (Lipinski definition) is 2. The van der Waals surface area contributed by atoms with Crippen molar-refractivity contribution in [3.8, 4) is 0 Å². The summed E-state index contributed by atoms with van der Waals surface area (Å²) >= 11 is 0. The minimum absolute atomic E-state index is 0.382. The highest BCUT2D eigenvalue weighted by molar-refractivity contribution is 5.34. The molecule has 0 spiro atoms. The monoisotopic (exact) mass is 234 g/mol. The number of nitrogens with one attached hydrogen (secondary N) is 1. The summed E-state index contributed by atoms with van der Waals surface area (Å²) in [5.41, 5.74) is 3.79. The van der Waals surface area contributed by atoms with E-state index in [-0.39, 0.29) is 6.10 Å². The number of fused-ring (bicyclic) bond motifs is 1. The van der Waals surface area contributed by atoms with Crippen LogP contribution in [0.4, 0.5) is 0 Å². The molecule has 2 N–H and O–H groups in total. The summed E-state index contributed by atoms with van der Waals surface area (Å²) in [5, 5.41) is 13.5. The van der Waals surface area contributed by atoms with Gasteiger partial charge in [-0.2, -0.15) is 0 Å². The van der Waals surface area contributed by atoms with Gasteiger partial charge in [-0.15, -0.1) is 0 Å². The SMILES string of the molecule is CCN(C)CC(O)c1ccc2c(c1)CNCC2.